The SMILES string of the molecule is COc1cc(CNC(=O)Cc2cccc(F)c2)c(OC)cc1C. The summed E-state index contributed by atoms with van der Waals surface area (Å²) in [5.41, 5.74) is 2.41. The first-order valence-corrected chi connectivity index (χ1v) is 7.26. The smallest absolute Gasteiger partial charge is 0.224 e. The molecule has 0 saturated heterocycles. The average Bonchev–Trinajstić information content (AvgIpc) is 2.53. The van der Waals surface area contributed by atoms with E-state index in [-0.39, 0.29) is 18.1 Å². The molecule has 0 heterocycles. The Morgan fingerprint density at radius 1 is 1.13 bits per heavy atom. The van der Waals surface area contributed by atoms with Gasteiger partial charge in [0.25, 0.3) is 0 Å². The molecule has 0 bridgehead atoms. The van der Waals surface area contributed by atoms with E-state index >= 15 is 0 Å². The Kier molecular flexibility index (Phi) is 5.57. The molecule has 0 aliphatic heterocycles. The molecule has 0 fully saturated rings. The van der Waals surface area contributed by atoms with Crippen LogP contribution in [-0.2, 0) is 17.8 Å². The van der Waals surface area contributed by atoms with E-state index in [2.05, 4.69) is 5.32 Å². The Hall–Kier alpha value is -2.56. The molecule has 0 aromatic heterocycles. The van der Waals surface area contributed by atoms with Crippen molar-refractivity contribution in [1.82, 2.24) is 5.32 Å². The number of benzene rings is 2. The van der Waals surface area contributed by atoms with Gasteiger partial charge in [0.2, 0.25) is 5.91 Å². The van der Waals surface area contributed by atoms with Gasteiger partial charge in [0, 0.05) is 12.1 Å². The van der Waals surface area contributed by atoms with Crippen molar-refractivity contribution in [3.8, 4) is 11.5 Å². The molecule has 1 N–H and O–H groups in total. The number of halogens is 1. The molecule has 23 heavy (non-hydrogen) atoms. The number of carbonyl (C=O) groups is 1. The molecule has 1 amide bonds. The number of hydrogen-bond acceptors (Lipinski definition) is 3. The molecule has 2 aromatic rings. The molecule has 4 nitrogen and oxygen atoms in total. The maximum Gasteiger partial charge on any atom is 0.224 e. The van der Waals surface area contributed by atoms with E-state index < -0.39 is 0 Å². The summed E-state index contributed by atoms with van der Waals surface area (Å²) in [5, 5.41) is 2.82. The lowest BCUT2D eigenvalue weighted by atomic mass is 10.1. The minimum absolute atomic E-state index is 0.128. The van der Waals surface area contributed by atoms with E-state index in [0.29, 0.717) is 17.9 Å². The fourth-order valence-electron chi connectivity index (χ4n) is 2.34. The summed E-state index contributed by atoms with van der Waals surface area (Å²) in [7, 11) is 3.18. The highest BCUT2D eigenvalue weighted by molar-refractivity contribution is 5.78. The first-order chi connectivity index (χ1) is 11.0. The Bertz CT molecular complexity index is 701. The summed E-state index contributed by atoms with van der Waals surface area (Å²) in [4.78, 5) is 12.0. The predicted octanol–water partition coefficient (Wildman–Crippen LogP) is 3.01. The number of amides is 1. The van der Waals surface area contributed by atoms with Crippen LogP contribution in [0, 0.1) is 12.7 Å². The van der Waals surface area contributed by atoms with Gasteiger partial charge in [0.05, 0.1) is 20.6 Å². The van der Waals surface area contributed by atoms with Gasteiger partial charge in [-0.05, 0) is 42.3 Å². The second-order valence-corrected chi connectivity index (χ2v) is 5.22. The number of nitrogens with one attached hydrogen (secondary N) is 1. The first kappa shape index (κ1) is 16.8. The van der Waals surface area contributed by atoms with Crippen molar-refractivity contribution in [1.29, 1.82) is 0 Å². The lowest BCUT2D eigenvalue weighted by molar-refractivity contribution is -0.120. The summed E-state index contributed by atoms with van der Waals surface area (Å²) in [6, 6.07) is 9.73. The molecule has 0 aliphatic carbocycles. The standard InChI is InChI=1S/C18H20FNO3/c1-12-7-17(23-3)14(10-16(12)22-2)11-20-18(21)9-13-5-4-6-15(19)8-13/h4-8,10H,9,11H2,1-3H3,(H,20,21). The van der Waals surface area contributed by atoms with Crippen molar-refractivity contribution < 1.29 is 18.7 Å². The van der Waals surface area contributed by atoms with Crippen LogP contribution in [0.2, 0.25) is 0 Å². The Labute approximate surface area is 135 Å². The zero-order valence-electron chi connectivity index (χ0n) is 13.5. The molecule has 5 heteroatoms. The average molecular weight is 317 g/mol. The molecule has 0 unspecified atom stereocenters. The highest BCUT2D eigenvalue weighted by atomic mass is 19.1. The zero-order valence-corrected chi connectivity index (χ0v) is 13.5. The molecule has 0 aliphatic rings. The highest BCUT2D eigenvalue weighted by Gasteiger charge is 2.10. The van der Waals surface area contributed by atoms with E-state index in [0.717, 1.165) is 16.9 Å². The van der Waals surface area contributed by atoms with Crippen LogP contribution in [0.3, 0.4) is 0 Å². The van der Waals surface area contributed by atoms with E-state index in [9.17, 15) is 9.18 Å². The van der Waals surface area contributed by atoms with Crippen LogP contribution in [0.1, 0.15) is 16.7 Å². The lowest BCUT2D eigenvalue weighted by Crippen LogP contribution is -2.24. The van der Waals surface area contributed by atoms with Crippen LogP contribution in [0.5, 0.6) is 11.5 Å². The second-order valence-electron chi connectivity index (χ2n) is 5.22. The fraction of sp³-hybridized carbons (Fsp3) is 0.278. The van der Waals surface area contributed by atoms with Crippen LogP contribution < -0.4 is 14.8 Å². The molecular weight excluding hydrogens is 297 g/mol. The van der Waals surface area contributed by atoms with Gasteiger partial charge in [0.15, 0.2) is 0 Å². The van der Waals surface area contributed by atoms with Crippen molar-refractivity contribution in [3.05, 3.63) is 58.9 Å². The van der Waals surface area contributed by atoms with Gasteiger partial charge >= 0.3 is 0 Å². The summed E-state index contributed by atoms with van der Waals surface area (Å²) < 4.78 is 23.8. The molecule has 122 valence electrons. The minimum Gasteiger partial charge on any atom is -0.496 e. The van der Waals surface area contributed by atoms with Gasteiger partial charge in [-0.1, -0.05) is 12.1 Å². The predicted molar refractivity (Wildman–Crippen MR) is 86.2 cm³/mol. The van der Waals surface area contributed by atoms with Crippen molar-refractivity contribution >= 4 is 5.91 Å². The molecule has 2 rings (SSSR count). The first-order valence-electron chi connectivity index (χ1n) is 7.26. The maximum absolute atomic E-state index is 13.1. The molecule has 0 atom stereocenters. The van der Waals surface area contributed by atoms with Crippen LogP contribution >= 0.6 is 0 Å². The maximum atomic E-state index is 13.1. The zero-order chi connectivity index (χ0) is 16.8. The van der Waals surface area contributed by atoms with Crippen LogP contribution in [-0.4, -0.2) is 20.1 Å². The monoisotopic (exact) mass is 317 g/mol. The van der Waals surface area contributed by atoms with Crippen molar-refractivity contribution in [2.24, 2.45) is 0 Å². The molecular formula is C18H20FNO3. The molecule has 0 spiro atoms. The Morgan fingerprint density at radius 2 is 1.87 bits per heavy atom. The topological polar surface area (TPSA) is 47.6 Å². The van der Waals surface area contributed by atoms with Crippen molar-refractivity contribution in [3.63, 3.8) is 0 Å². The third-order valence-electron chi connectivity index (χ3n) is 3.53. The summed E-state index contributed by atoms with van der Waals surface area (Å²) >= 11 is 0. The Balaban J connectivity index is 2.03. The van der Waals surface area contributed by atoms with E-state index in [1.165, 1.54) is 12.1 Å². The van der Waals surface area contributed by atoms with Gasteiger partial charge in [-0.25, -0.2) is 4.39 Å². The third-order valence-corrected chi connectivity index (χ3v) is 3.53. The molecule has 0 radical (unpaired) electrons. The minimum atomic E-state index is -0.347. The van der Waals surface area contributed by atoms with Gasteiger partial charge in [-0.2, -0.15) is 0 Å². The number of methoxy groups -OCH3 is 2. The normalized spacial score (nSPS) is 10.3. The van der Waals surface area contributed by atoms with Crippen molar-refractivity contribution in [2.45, 2.75) is 19.9 Å². The van der Waals surface area contributed by atoms with E-state index in [1.807, 2.05) is 19.1 Å². The lowest BCUT2D eigenvalue weighted by Gasteiger charge is -2.13. The molecule has 2 aromatic carbocycles. The third kappa shape index (κ3) is 4.45. The number of hydrogen-bond donors (Lipinski definition) is 1. The van der Waals surface area contributed by atoms with Gasteiger partial charge in [-0.3, -0.25) is 4.79 Å². The highest BCUT2D eigenvalue weighted by Crippen LogP contribution is 2.28. The van der Waals surface area contributed by atoms with E-state index in [1.54, 1.807) is 26.4 Å². The summed E-state index contributed by atoms with van der Waals surface area (Å²) in [5.74, 6) is 0.895. The number of aryl methyl sites for hydroxylation is 1. The number of carbonyl (C=O) groups excluding carboxylic acids is 1. The summed E-state index contributed by atoms with van der Waals surface area (Å²) in [6.07, 6.45) is 0.128. The van der Waals surface area contributed by atoms with Crippen molar-refractivity contribution in [2.75, 3.05) is 14.2 Å². The van der Waals surface area contributed by atoms with Gasteiger partial charge in [-0.15, -0.1) is 0 Å². The van der Waals surface area contributed by atoms with Gasteiger partial charge < -0.3 is 14.8 Å². The van der Waals surface area contributed by atoms with Crippen LogP contribution in [0.25, 0.3) is 0 Å². The van der Waals surface area contributed by atoms with Crippen LogP contribution in [0.15, 0.2) is 36.4 Å². The number of ether oxygens (including phenoxy) is 2. The second kappa shape index (κ2) is 7.63. The Morgan fingerprint density at radius 3 is 2.52 bits per heavy atom. The van der Waals surface area contributed by atoms with E-state index in [4.69, 9.17) is 9.47 Å². The largest absolute Gasteiger partial charge is 0.496 e. The molecule has 0 saturated carbocycles. The summed E-state index contributed by atoms with van der Waals surface area (Å²) in [6.45, 7) is 2.24. The number of rotatable bonds is 6. The fourth-order valence-corrected chi connectivity index (χ4v) is 2.34. The van der Waals surface area contributed by atoms with Crippen LogP contribution in [0.4, 0.5) is 4.39 Å². The van der Waals surface area contributed by atoms with Gasteiger partial charge in [0.1, 0.15) is 17.3 Å². The quantitative estimate of drug-likeness (QED) is 0.891.